The zero-order valence-electron chi connectivity index (χ0n) is 19.4. The average Bonchev–Trinajstić information content (AvgIpc) is 2.91. The smallest absolute Gasteiger partial charge is 0.158 e. The first-order valence-electron chi connectivity index (χ1n) is 11.4. The van der Waals surface area contributed by atoms with Crippen LogP contribution in [0.5, 0.6) is 0 Å². The number of hydrogen-bond donors (Lipinski definition) is 0. The van der Waals surface area contributed by atoms with Gasteiger partial charge < -0.3 is 0 Å². The van der Waals surface area contributed by atoms with Crippen LogP contribution in [0.4, 0.5) is 4.39 Å². The van der Waals surface area contributed by atoms with Gasteiger partial charge in [0, 0.05) is 0 Å². The lowest BCUT2D eigenvalue weighted by Gasteiger charge is -2.17. The first kappa shape index (κ1) is 22.1. The molecule has 0 atom stereocenters. The second-order valence-corrected chi connectivity index (χ2v) is 8.34. The van der Waals surface area contributed by atoms with Gasteiger partial charge in [-0.1, -0.05) is 78.9 Å². The zero-order chi connectivity index (χ0) is 24.5. The van der Waals surface area contributed by atoms with E-state index in [0.717, 1.165) is 43.3 Å². The van der Waals surface area contributed by atoms with Crippen LogP contribution in [0.3, 0.4) is 0 Å². The molecule has 0 aliphatic heterocycles. The van der Waals surface area contributed by atoms with E-state index in [1.807, 2.05) is 56.3 Å². The summed E-state index contributed by atoms with van der Waals surface area (Å²) >= 11 is 0. The Morgan fingerprint density at radius 1 is 0.657 bits per heavy atom. The van der Waals surface area contributed by atoms with Crippen LogP contribution >= 0.6 is 0 Å². The van der Waals surface area contributed by atoms with E-state index in [1.165, 1.54) is 5.39 Å². The van der Waals surface area contributed by atoms with E-state index in [-0.39, 0.29) is 11.1 Å². The molecule has 0 radical (unpaired) electrons. The molecule has 0 aliphatic rings. The van der Waals surface area contributed by atoms with Gasteiger partial charge in [0.2, 0.25) is 0 Å². The van der Waals surface area contributed by atoms with Crippen molar-refractivity contribution in [3.8, 4) is 34.4 Å². The fraction of sp³-hybridized carbons (Fsp3) is 0.0625. The summed E-state index contributed by atoms with van der Waals surface area (Å²) in [6, 6.07) is 29.7. The van der Waals surface area contributed by atoms with Gasteiger partial charge in [-0.05, 0) is 80.2 Å². The Balaban J connectivity index is 2.02. The minimum atomic E-state index is -0.778. The maximum absolute atomic E-state index is 14.6. The van der Waals surface area contributed by atoms with Crippen molar-refractivity contribution in [1.29, 1.82) is 10.5 Å². The Morgan fingerprint density at radius 2 is 1.17 bits per heavy atom. The largest absolute Gasteiger partial charge is 0.204 e. The Hall–Kier alpha value is -4.73. The van der Waals surface area contributed by atoms with Gasteiger partial charge in [0.1, 0.15) is 12.1 Å². The maximum atomic E-state index is 14.6. The monoisotopic (exact) mass is 452 g/mol. The third-order valence-corrected chi connectivity index (χ3v) is 6.53. The van der Waals surface area contributed by atoms with Gasteiger partial charge in [0.05, 0.1) is 11.1 Å². The molecule has 0 unspecified atom stereocenters. The van der Waals surface area contributed by atoms with E-state index >= 15 is 0 Å². The third-order valence-electron chi connectivity index (χ3n) is 6.53. The van der Waals surface area contributed by atoms with Crippen LogP contribution in [0, 0.1) is 28.5 Å². The number of benzene rings is 5. The summed E-state index contributed by atoms with van der Waals surface area (Å²) < 4.78 is 14.6. The van der Waals surface area contributed by atoms with Crippen molar-refractivity contribution in [2.75, 3.05) is 0 Å². The van der Waals surface area contributed by atoms with Gasteiger partial charge in [0.25, 0.3) is 0 Å². The molecule has 0 amide bonds. The molecule has 5 rings (SSSR count). The highest BCUT2D eigenvalue weighted by molar-refractivity contribution is 6.10. The van der Waals surface area contributed by atoms with Crippen LogP contribution in [0.2, 0.25) is 0 Å². The zero-order valence-corrected chi connectivity index (χ0v) is 19.4. The highest BCUT2D eigenvalue weighted by atomic mass is 19.1. The first-order chi connectivity index (χ1) is 17.1. The lowest BCUT2D eigenvalue weighted by molar-refractivity contribution is 0.620. The Morgan fingerprint density at radius 3 is 1.77 bits per heavy atom. The number of halogens is 1. The molecule has 0 heterocycles. The topological polar surface area (TPSA) is 47.6 Å². The summed E-state index contributed by atoms with van der Waals surface area (Å²) in [6.45, 7) is 4.00. The molecule has 0 saturated heterocycles. The quantitative estimate of drug-likeness (QED) is 0.295. The molecule has 0 saturated carbocycles. The molecule has 0 spiro atoms. The van der Waals surface area contributed by atoms with Crippen molar-refractivity contribution in [3.63, 3.8) is 0 Å². The van der Waals surface area contributed by atoms with Crippen molar-refractivity contribution in [1.82, 2.24) is 0 Å². The molecular formula is C32H21FN2. The molecule has 0 fully saturated rings. The summed E-state index contributed by atoms with van der Waals surface area (Å²) in [5.41, 5.74) is 3.52. The van der Waals surface area contributed by atoms with Crippen LogP contribution in [-0.2, 0) is 0 Å². The lowest BCUT2D eigenvalue weighted by Crippen LogP contribution is -2.29. The van der Waals surface area contributed by atoms with Crippen LogP contribution in [-0.4, -0.2) is 0 Å². The second kappa shape index (κ2) is 8.90. The highest BCUT2D eigenvalue weighted by Gasteiger charge is 2.18. The number of hydrogen-bond acceptors (Lipinski definition) is 2. The summed E-state index contributed by atoms with van der Waals surface area (Å²) in [5, 5.41) is 25.5. The SMILES string of the molecule is C/C=c1/c(-c2cc(C#N)c(F)c(C#N)c2)c2ccccc2c(-c2cccc3ccccc23)/c1=C/C. The maximum Gasteiger partial charge on any atom is 0.158 e. The lowest BCUT2D eigenvalue weighted by atomic mass is 9.86. The second-order valence-electron chi connectivity index (χ2n) is 8.34. The first-order valence-corrected chi connectivity index (χ1v) is 11.4. The number of rotatable bonds is 2. The van der Waals surface area contributed by atoms with Gasteiger partial charge in [-0.3, -0.25) is 0 Å². The van der Waals surface area contributed by atoms with Crippen LogP contribution in [0.25, 0.3) is 56.0 Å². The van der Waals surface area contributed by atoms with Crippen molar-refractivity contribution in [2.45, 2.75) is 13.8 Å². The van der Waals surface area contributed by atoms with Gasteiger partial charge in [-0.15, -0.1) is 0 Å². The standard InChI is InChI=1S/C32H21FN2/c1-3-24-25(4-2)31(27-15-9-11-20-10-5-6-12-26(20)27)29-14-8-7-13-28(29)30(24)21-16-22(18-34)32(33)23(17-21)19-35/h3-17H,1-2H3/b24-3+,25-4+. The number of nitrogens with zero attached hydrogens (tertiary/aromatic N) is 2. The molecular weight excluding hydrogens is 431 g/mol. The van der Waals surface area contributed by atoms with Crippen LogP contribution in [0.15, 0.2) is 78.9 Å². The third kappa shape index (κ3) is 3.46. The molecule has 0 bridgehead atoms. The fourth-order valence-electron chi connectivity index (χ4n) is 5.05. The number of nitriles is 2. The number of fused-ring (bicyclic) bond motifs is 2. The van der Waals surface area contributed by atoms with E-state index in [1.54, 1.807) is 12.1 Å². The minimum Gasteiger partial charge on any atom is -0.204 e. The molecule has 0 N–H and O–H groups in total. The van der Waals surface area contributed by atoms with Gasteiger partial charge in [-0.2, -0.15) is 10.5 Å². The van der Waals surface area contributed by atoms with E-state index in [9.17, 15) is 14.9 Å². The summed E-state index contributed by atoms with van der Waals surface area (Å²) in [6.07, 6.45) is 4.15. The van der Waals surface area contributed by atoms with Crippen molar-refractivity contribution < 1.29 is 4.39 Å². The van der Waals surface area contributed by atoms with Crippen molar-refractivity contribution in [2.24, 2.45) is 0 Å². The van der Waals surface area contributed by atoms with Gasteiger partial charge in [0.15, 0.2) is 5.82 Å². The summed E-state index contributed by atoms with van der Waals surface area (Å²) in [7, 11) is 0. The van der Waals surface area contributed by atoms with Crippen molar-refractivity contribution in [3.05, 3.63) is 106 Å². The molecule has 35 heavy (non-hydrogen) atoms. The summed E-state index contributed by atoms with van der Waals surface area (Å²) in [5.74, 6) is -0.778. The van der Waals surface area contributed by atoms with E-state index < -0.39 is 5.82 Å². The molecule has 0 aromatic heterocycles. The van der Waals surface area contributed by atoms with E-state index in [0.29, 0.717) is 5.56 Å². The molecule has 0 aliphatic carbocycles. The van der Waals surface area contributed by atoms with E-state index in [4.69, 9.17) is 0 Å². The predicted molar refractivity (Wildman–Crippen MR) is 141 cm³/mol. The molecule has 2 nitrogen and oxygen atoms in total. The normalized spacial score (nSPS) is 12.1. The molecule has 166 valence electrons. The van der Waals surface area contributed by atoms with E-state index in [2.05, 4.69) is 48.5 Å². The predicted octanol–water partition coefficient (Wildman–Crippen LogP) is 6.81. The fourth-order valence-corrected chi connectivity index (χ4v) is 5.05. The highest BCUT2D eigenvalue weighted by Crippen LogP contribution is 2.35. The minimum absolute atomic E-state index is 0.134. The van der Waals surface area contributed by atoms with Crippen LogP contribution < -0.4 is 10.4 Å². The average molecular weight is 453 g/mol. The molecule has 5 aromatic carbocycles. The van der Waals surface area contributed by atoms with Crippen molar-refractivity contribution >= 4 is 33.7 Å². The Kier molecular flexibility index (Phi) is 5.61. The Labute approximate surface area is 203 Å². The van der Waals surface area contributed by atoms with Crippen LogP contribution in [0.1, 0.15) is 25.0 Å². The summed E-state index contributed by atoms with van der Waals surface area (Å²) in [4.78, 5) is 0. The Bertz CT molecular complexity index is 1810. The van der Waals surface area contributed by atoms with Gasteiger partial charge in [-0.25, -0.2) is 4.39 Å². The molecule has 3 heteroatoms. The molecule has 5 aromatic rings. The van der Waals surface area contributed by atoms with Gasteiger partial charge >= 0.3 is 0 Å².